The standard InChI is InChI=1S/C26H23Cl2FN4O2/c1-14(2)23-18(26(34)31-32-8-9-35-22-7-5-4-6-20(22)32)13-30-33-21(23)10-15(3)25(33)17-11-16(29)12-19(27)24(17)28/h4-7,10-14H,8-9H2,1-3H3,(H,31,34). The number of aromatic nitrogens is 2. The summed E-state index contributed by atoms with van der Waals surface area (Å²) in [7, 11) is 0. The second-order valence-corrected chi connectivity index (χ2v) is 9.54. The molecule has 0 aliphatic carbocycles. The Morgan fingerprint density at radius 2 is 1.97 bits per heavy atom. The van der Waals surface area contributed by atoms with E-state index in [1.807, 2.05) is 51.1 Å². The van der Waals surface area contributed by atoms with Gasteiger partial charge in [-0.15, -0.1) is 0 Å². The maximum absolute atomic E-state index is 14.2. The maximum Gasteiger partial charge on any atom is 0.271 e. The van der Waals surface area contributed by atoms with Crippen LogP contribution in [0.4, 0.5) is 10.1 Å². The number of aryl methyl sites for hydroxylation is 1. The lowest BCUT2D eigenvalue weighted by atomic mass is 9.98. The van der Waals surface area contributed by atoms with Crippen molar-refractivity contribution in [3.63, 3.8) is 0 Å². The van der Waals surface area contributed by atoms with Crippen LogP contribution in [-0.4, -0.2) is 28.7 Å². The molecule has 0 spiro atoms. The number of ether oxygens (including phenoxy) is 1. The minimum atomic E-state index is -0.491. The molecule has 180 valence electrons. The molecule has 1 amide bonds. The van der Waals surface area contributed by atoms with Gasteiger partial charge in [0.2, 0.25) is 0 Å². The molecule has 0 fully saturated rings. The minimum Gasteiger partial charge on any atom is -0.489 e. The SMILES string of the molecule is Cc1cc2c(C(C)C)c(C(=O)NN3CCOc4ccccc43)cnn2c1-c1cc(F)cc(Cl)c1Cl. The fraction of sp³-hybridized carbons (Fsp3) is 0.231. The Morgan fingerprint density at radius 3 is 2.74 bits per heavy atom. The number of carbonyl (C=O) groups excluding carboxylic acids is 1. The van der Waals surface area contributed by atoms with Crippen molar-refractivity contribution in [2.45, 2.75) is 26.7 Å². The van der Waals surface area contributed by atoms with Crippen LogP contribution >= 0.6 is 23.2 Å². The zero-order chi connectivity index (χ0) is 24.9. The average Bonchev–Trinajstić information content (AvgIpc) is 3.16. The van der Waals surface area contributed by atoms with Gasteiger partial charge in [0.1, 0.15) is 18.2 Å². The van der Waals surface area contributed by atoms with Crippen LogP contribution in [0.5, 0.6) is 5.75 Å². The number of amides is 1. The van der Waals surface area contributed by atoms with Crippen molar-refractivity contribution < 1.29 is 13.9 Å². The van der Waals surface area contributed by atoms with Gasteiger partial charge in [0, 0.05) is 5.56 Å². The highest BCUT2D eigenvalue weighted by Gasteiger charge is 2.26. The van der Waals surface area contributed by atoms with Crippen LogP contribution in [0, 0.1) is 12.7 Å². The molecule has 0 bridgehead atoms. The smallest absolute Gasteiger partial charge is 0.271 e. The molecule has 2 aromatic carbocycles. The third-order valence-corrected chi connectivity index (χ3v) is 6.87. The molecule has 1 N–H and O–H groups in total. The Bertz CT molecular complexity index is 1470. The summed E-state index contributed by atoms with van der Waals surface area (Å²) in [6, 6.07) is 12.0. The van der Waals surface area contributed by atoms with Crippen LogP contribution in [0.3, 0.4) is 0 Å². The molecule has 0 unspecified atom stereocenters. The summed E-state index contributed by atoms with van der Waals surface area (Å²) in [5.41, 5.74) is 7.75. The van der Waals surface area contributed by atoms with Gasteiger partial charge < -0.3 is 4.74 Å². The summed E-state index contributed by atoms with van der Waals surface area (Å²) in [6.45, 7) is 6.91. The summed E-state index contributed by atoms with van der Waals surface area (Å²) in [6.07, 6.45) is 1.54. The second kappa shape index (κ2) is 9.06. The van der Waals surface area contributed by atoms with Gasteiger partial charge in [-0.05, 0) is 54.3 Å². The van der Waals surface area contributed by atoms with E-state index in [0.717, 1.165) is 22.3 Å². The zero-order valence-electron chi connectivity index (χ0n) is 19.4. The van der Waals surface area contributed by atoms with Crippen molar-refractivity contribution in [1.29, 1.82) is 0 Å². The molecule has 2 aromatic heterocycles. The number of halogens is 3. The third-order valence-electron chi connectivity index (χ3n) is 6.07. The molecule has 9 heteroatoms. The Morgan fingerprint density at radius 1 is 1.20 bits per heavy atom. The van der Waals surface area contributed by atoms with Gasteiger partial charge in [0.25, 0.3) is 5.91 Å². The number of benzene rings is 2. The Hall–Kier alpha value is -3.29. The lowest BCUT2D eigenvalue weighted by Crippen LogP contribution is -2.47. The number of para-hydroxylation sites is 2. The van der Waals surface area contributed by atoms with Crippen molar-refractivity contribution in [2.24, 2.45) is 0 Å². The number of carbonyl (C=O) groups is 1. The van der Waals surface area contributed by atoms with Gasteiger partial charge in [-0.1, -0.05) is 49.2 Å². The molecular formula is C26H23Cl2FN4O2. The average molecular weight is 513 g/mol. The van der Waals surface area contributed by atoms with Gasteiger partial charge in [0.15, 0.2) is 0 Å². The number of fused-ring (bicyclic) bond motifs is 2. The molecule has 3 heterocycles. The minimum absolute atomic E-state index is 0.00643. The predicted molar refractivity (Wildman–Crippen MR) is 136 cm³/mol. The fourth-order valence-electron chi connectivity index (χ4n) is 4.57. The molecule has 4 aromatic rings. The first-order chi connectivity index (χ1) is 16.8. The first-order valence-corrected chi connectivity index (χ1v) is 12.0. The molecule has 0 saturated carbocycles. The third kappa shape index (κ3) is 4.09. The molecule has 1 aliphatic rings. The molecule has 0 atom stereocenters. The zero-order valence-corrected chi connectivity index (χ0v) is 20.9. The Balaban J connectivity index is 1.60. The van der Waals surface area contributed by atoms with Crippen molar-refractivity contribution in [3.8, 4) is 17.0 Å². The van der Waals surface area contributed by atoms with Gasteiger partial charge in [-0.25, -0.2) is 8.91 Å². The number of rotatable bonds is 4. The van der Waals surface area contributed by atoms with Crippen LogP contribution in [0.15, 0.2) is 48.7 Å². The molecular weight excluding hydrogens is 490 g/mol. The monoisotopic (exact) mass is 512 g/mol. The van der Waals surface area contributed by atoms with Crippen LogP contribution in [0.25, 0.3) is 16.8 Å². The highest BCUT2D eigenvalue weighted by Crippen LogP contribution is 2.39. The van der Waals surface area contributed by atoms with Gasteiger partial charge in [-0.3, -0.25) is 15.2 Å². The summed E-state index contributed by atoms with van der Waals surface area (Å²) in [5.74, 6) is -0.0385. The number of nitrogens with zero attached hydrogens (tertiary/aromatic N) is 3. The fourth-order valence-corrected chi connectivity index (χ4v) is 4.97. The van der Waals surface area contributed by atoms with E-state index in [-0.39, 0.29) is 21.9 Å². The summed E-state index contributed by atoms with van der Waals surface area (Å²) < 4.78 is 21.6. The lowest BCUT2D eigenvalue weighted by molar-refractivity contribution is 0.0943. The van der Waals surface area contributed by atoms with Gasteiger partial charge in [-0.2, -0.15) is 5.10 Å². The van der Waals surface area contributed by atoms with E-state index in [4.69, 9.17) is 27.9 Å². The van der Waals surface area contributed by atoms with E-state index in [9.17, 15) is 9.18 Å². The number of hydrogen-bond donors (Lipinski definition) is 1. The highest BCUT2D eigenvalue weighted by atomic mass is 35.5. The van der Waals surface area contributed by atoms with E-state index in [1.165, 1.54) is 12.1 Å². The number of nitrogens with one attached hydrogen (secondary N) is 1. The summed E-state index contributed by atoms with van der Waals surface area (Å²) >= 11 is 12.6. The lowest BCUT2D eigenvalue weighted by Gasteiger charge is -2.31. The second-order valence-electron chi connectivity index (χ2n) is 8.76. The molecule has 35 heavy (non-hydrogen) atoms. The molecule has 0 saturated heterocycles. The summed E-state index contributed by atoms with van der Waals surface area (Å²) in [5, 5.41) is 6.73. The number of hydrogen-bond acceptors (Lipinski definition) is 4. The number of hydrazine groups is 1. The maximum atomic E-state index is 14.2. The molecule has 6 nitrogen and oxygen atoms in total. The van der Waals surface area contributed by atoms with Crippen molar-refractivity contribution in [1.82, 2.24) is 15.0 Å². The van der Waals surface area contributed by atoms with Crippen LogP contribution in [0.1, 0.15) is 41.3 Å². The van der Waals surface area contributed by atoms with Crippen LogP contribution < -0.4 is 15.2 Å². The van der Waals surface area contributed by atoms with E-state index < -0.39 is 5.82 Å². The quantitative estimate of drug-likeness (QED) is 0.320. The normalized spacial score (nSPS) is 13.2. The van der Waals surface area contributed by atoms with Crippen molar-refractivity contribution in [2.75, 3.05) is 18.2 Å². The Labute approximate surface area is 212 Å². The molecule has 1 aliphatic heterocycles. The predicted octanol–water partition coefficient (Wildman–Crippen LogP) is 6.42. The largest absolute Gasteiger partial charge is 0.489 e. The van der Waals surface area contributed by atoms with Crippen molar-refractivity contribution in [3.05, 3.63) is 81.2 Å². The Kier molecular flexibility index (Phi) is 6.07. The van der Waals surface area contributed by atoms with Crippen molar-refractivity contribution >= 4 is 40.3 Å². The van der Waals surface area contributed by atoms with Crippen LogP contribution in [-0.2, 0) is 0 Å². The number of anilines is 1. The first-order valence-electron chi connectivity index (χ1n) is 11.2. The van der Waals surface area contributed by atoms with E-state index in [0.29, 0.717) is 35.7 Å². The van der Waals surface area contributed by atoms with E-state index in [2.05, 4.69) is 10.5 Å². The van der Waals surface area contributed by atoms with E-state index >= 15 is 0 Å². The first kappa shape index (κ1) is 23.5. The van der Waals surface area contributed by atoms with Gasteiger partial charge in [0.05, 0.1) is 45.2 Å². The van der Waals surface area contributed by atoms with Crippen LogP contribution in [0.2, 0.25) is 10.0 Å². The van der Waals surface area contributed by atoms with E-state index in [1.54, 1.807) is 15.7 Å². The topological polar surface area (TPSA) is 58.9 Å². The summed E-state index contributed by atoms with van der Waals surface area (Å²) in [4.78, 5) is 13.5. The highest BCUT2D eigenvalue weighted by molar-refractivity contribution is 6.43. The van der Waals surface area contributed by atoms with Gasteiger partial charge >= 0.3 is 0 Å². The molecule has 5 rings (SSSR count). The molecule has 0 radical (unpaired) electrons.